The molecule has 0 spiro atoms. The van der Waals surface area contributed by atoms with Crippen LogP contribution in [0.3, 0.4) is 0 Å². The largest absolute Gasteiger partial charge is 0.339 e. The second kappa shape index (κ2) is 7.90. The van der Waals surface area contributed by atoms with Crippen LogP contribution in [0, 0.1) is 11.3 Å². The zero-order valence-corrected chi connectivity index (χ0v) is 13.2. The first-order chi connectivity index (χ1) is 9.76. The fourth-order valence-corrected chi connectivity index (χ4v) is 3.66. The van der Waals surface area contributed by atoms with Gasteiger partial charge in [-0.05, 0) is 25.0 Å². The lowest BCUT2D eigenvalue weighted by Gasteiger charge is -2.38. The Labute approximate surface area is 126 Å². The number of hydrogen-bond donors (Lipinski definition) is 0. The molecule has 112 valence electrons. The van der Waals surface area contributed by atoms with Gasteiger partial charge in [0.05, 0.1) is 6.07 Å². The summed E-state index contributed by atoms with van der Waals surface area (Å²) < 4.78 is 0. The van der Waals surface area contributed by atoms with Crippen molar-refractivity contribution in [3.63, 3.8) is 0 Å². The van der Waals surface area contributed by atoms with Crippen molar-refractivity contribution in [1.29, 1.82) is 5.26 Å². The van der Waals surface area contributed by atoms with Crippen molar-refractivity contribution in [2.45, 2.75) is 51.1 Å². The highest BCUT2D eigenvalue weighted by Crippen LogP contribution is 2.30. The minimum Gasteiger partial charge on any atom is -0.339 e. The summed E-state index contributed by atoms with van der Waals surface area (Å²) in [5, 5.41) is 9.28. The number of nitriles is 1. The predicted octanol–water partition coefficient (Wildman–Crippen LogP) is 2.11. The van der Waals surface area contributed by atoms with Gasteiger partial charge in [0.25, 0.3) is 0 Å². The lowest BCUT2D eigenvalue weighted by molar-refractivity contribution is -0.133. The molecular formula is C15H25N3OS. The molecule has 5 heteroatoms. The number of nitrogens with zero attached hydrogens (tertiary/aromatic N) is 3. The summed E-state index contributed by atoms with van der Waals surface area (Å²) in [6, 6.07) is 2.89. The lowest BCUT2D eigenvalue weighted by Crippen LogP contribution is -2.54. The number of carbonyl (C=O) groups is 1. The number of piperazine rings is 1. The maximum atomic E-state index is 12.2. The van der Waals surface area contributed by atoms with Gasteiger partial charge in [-0.25, -0.2) is 0 Å². The van der Waals surface area contributed by atoms with E-state index in [9.17, 15) is 10.1 Å². The van der Waals surface area contributed by atoms with Gasteiger partial charge < -0.3 is 4.90 Å². The summed E-state index contributed by atoms with van der Waals surface area (Å²) in [4.78, 5) is 16.4. The van der Waals surface area contributed by atoms with Gasteiger partial charge in [0.15, 0.2) is 0 Å². The van der Waals surface area contributed by atoms with Crippen LogP contribution in [0.2, 0.25) is 0 Å². The number of hydrogen-bond acceptors (Lipinski definition) is 4. The van der Waals surface area contributed by atoms with E-state index in [1.165, 1.54) is 25.7 Å². The highest BCUT2D eigenvalue weighted by Gasteiger charge is 2.38. The first-order valence-electron chi connectivity index (χ1n) is 7.77. The van der Waals surface area contributed by atoms with Crippen molar-refractivity contribution >= 4 is 17.7 Å². The summed E-state index contributed by atoms with van der Waals surface area (Å²) in [7, 11) is 0. The second-order valence-electron chi connectivity index (χ2n) is 5.67. The highest BCUT2D eigenvalue weighted by molar-refractivity contribution is 7.99. The topological polar surface area (TPSA) is 47.3 Å². The average Bonchev–Trinajstić information content (AvgIpc) is 3.30. The minimum atomic E-state index is -0.0899. The molecule has 1 atom stereocenters. The molecule has 0 unspecified atom stereocenters. The SMILES string of the molecule is CCCCSCCC(=O)N1CCN(C2CC2)[C@@H](C#N)C1. The zero-order chi connectivity index (χ0) is 14.4. The number of unbranched alkanes of at least 4 members (excludes halogenated alkanes) is 1. The van der Waals surface area contributed by atoms with E-state index in [1.54, 1.807) is 0 Å². The molecule has 1 heterocycles. The third kappa shape index (κ3) is 4.39. The zero-order valence-electron chi connectivity index (χ0n) is 12.4. The second-order valence-corrected chi connectivity index (χ2v) is 6.89. The number of rotatable bonds is 7. The Balaban J connectivity index is 1.70. The molecule has 2 aliphatic rings. The molecule has 1 amide bonds. The van der Waals surface area contributed by atoms with Crippen LogP contribution in [0.25, 0.3) is 0 Å². The molecule has 2 fully saturated rings. The van der Waals surface area contributed by atoms with Crippen molar-refractivity contribution in [2.75, 3.05) is 31.1 Å². The molecule has 1 aliphatic carbocycles. The molecule has 0 aromatic rings. The van der Waals surface area contributed by atoms with Crippen molar-refractivity contribution in [1.82, 2.24) is 9.80 Å². The molecule has 1 aliphatic heterocycles. The first-order valence-corrected chi connectivity index (χ1v) is 8.92. The standard InChI is InChI=1S/C15H25N3OS/c1-2-3-9-20-10-6-15(19)17-7-8-18(13-4-5-13)14(11-16)12-17/h13-14H,2-10,12H2,1H3/t14-/m0/s1. The summed E-state index contributed by atoms with van der Waals surface area (Å²) >= 11 is 1.87. The van der Waals surface area contributed by atoms with Crippen molar-refractivity contribution < 1.29 is 4.79 Å². The Morgan fingerprint density at radius 3 is 2.80 bits per heavy atom. The van der Waals surface area contributed by atoms with Gasteiger partial charge in [-0.3, -0.25) is 9.69 Å². The fourth-order valence-electron chi connectivity index (χ4n) is 2.65. The number of amides is 1. The molecule has 20 heavy (non-hydrogen) atoms. The van der Waals surface area contributed by atoms with Crippen LogP contribution in [0.1, 0.15) is 39.0 Å². The van der Waals surface area contributed by atoms with Gasteiger partial charge >= 0.3 is 0 Å². The van der Waals surface area contributed by atoms with E-state index in [4.69, 9.17) is 0 Å². The molecule has 1 saturated heterocycles. The van der Waals surface area contributed by atoms with Gasteiger partial charge in [-0.2, -0.15) is 17.0 Å². The molecule has 0 aromatic carbocycles. The summed E-state index contributed by atoms with van der Waals surface area (Å²) in [5.74, 6) is 2.29. The highest BCUT2D eigenvalue weighted by atomic mass is 32.2. The van der Waals surface area contributed by atoms with E-state index in [0.29, 0.717) is 19.0 Å². The molecular weight excluding hydrogens is 270 g/mol. The maximum absolute atomic E-state index is 12.2. The molecule has 0 radical (unpaired) electrons. The van der Waals surface area contributed by atoms with Gasteiger partial charge in [0.1, 0.15) is 6.04 Å². The molecule has 0 bridgehead atoms. The number of carbonyl (C=O) groups excluding carboxylic acids is 1. The Morgan fingerprint density at radius 1 is 1.35 bits per heavy atom. The fraction of sp³-hybridized carbons (Fsp3) is 0.867. The average molecular weight is 295 g/mol. The summed E-state index contributed by atoms with van der Waals surface area (Å²) in [6.07, 6.45) is 5.51. The van der Waals surface area contributed by atoms with Crippen LogP contribution in [0.4, 0.5) is 0 Å². The Hall–Kier alpha value is -0.730. The number of thioether (sulfide) groups is 1. The van der Waals surface area contributed by atoms with E-state index in [-0.39, 0.29) is 11.9 Å². The third-order valence-corrected chi connectivity index (χ3v) is 5.11. The summed E-state index contributed by atoms with van der Waals surface area (Å²) in [5.41, 5.74) is 0. The van der Waals surface area contributed by atoms with E-state index in [0.717, 1.165) is 24.6 Å². The quantitative estimate of drug-likeness (QED) is 0.675. The van der Waals surface area contributed by atoms with Gasteiger partial charge in [-0.1, -0.05) is 13.3 Å². The Bertz CT molecular complexity index is 365. The monoisotopic (exact) mass is 295 g/mol. The van der Waals surface area contributed by atoms with Crippen molar-refractivity contribution in [2.24, 2.45) is 0 Å². The van der Waals surface area contributed by atoms with Crippen LogP contribution in [0.5, 0.6) is 0 Å². The van der Waals surface area contributed by atoms with Gasteiger partial charge in [-0.15, -0.1) is 0 Å². The van der Waals surface area contributed by atoms with Crippen molar-refractivity contribution in [3.05, 3.63) is 0 Å². The first kappa shape index (κ1) is 15.7. The molecule has 1 saturated carbocycles. The van der Waals surface area contributed by atoms with Crippen LogP contribution in [-0.2, 0) is 4.79 Å². The predicted molar refractivity (Wildman–Crippen MR) is 82.6 cm³/mol. The van der Waals surface area contributed by atoms with Gasteiger partial charge in [0.2, 0.25) is 5.91 Å². The van der Waals surface area contributed by atoms with Gasteiger partial charge in [0, 0.05) is 37.8 Å². The van der Waals surface area contributed by atoms with Crippen LogP contribution < -0.4 is 0 Å². The Morgan fingerprint density at radius 2 is 2.15 bits per heavy atom. The van der Waals surface area contributed by atoms with E-state index < -0.39 is 0 Å². The van der Waals surface area contributed by atoms with E-state index >= 15 is 0 Å². The molecule has 2 rings (SSSR count). The smallest absolute Gasteiger partial charge is 0.223 e. The Kier molecular flexibility index (Phi) is 6.18. The van der Waals surface area contributed by atoms with E-state index in [2.05, 4.69) is 17.9 Å². The normalized spacial score (nSPS) is 23.6. The third-order valence-electron chi connectivity index (χ3n) is 4.04. The van der Waals surface area contributed by atoms with Crippen LogP contribution in [-0.4, -0.2) is 58.9 Å². The minimum absolute atomic E-state index is 0.0899. The maximum Gasteiger partial charge on any atom is 0.223 e. The molecule has 0 N–H and O–H groups in total. The van der Waals surface area contributed by atoms with Crippen molar-refractivity contribution in [3.8, 4) is 6.07 Å². The lowest BCUT2D eigenvalue weighted by atomic mass is 10.1. The van der Waals surface area contributed by atoms with E-state index in [1.807, 2.05) is 16.7 Å². The van der Waals surface area contributed by atoms with Crippen LogP contribution in [0.15, 0.2) is 0 Å². The summed E-state index contributed by atoms with van der Waals surface area (Å²) in [6.45, 7) is 4.46. The van der Waals surface area contributed by atoms with Crippen LogP contribution >= 0.6 is 11.8 Å². The molecule has 4 nitrogen and oxygen atoms in total. The molecule has 0 aromatic heterocycles.